The van der Waals surface area contributed by atoms with E-state index in [0.717, 1.165) is 19.5 Å². The summed E-state index contributed by atoms with van der Waals surface area (Å²) < 4.78 is 5.19. The normalized spacial score (nSPS) is 31.8. The van der Waals surface area contributed by atoms with Crippen LogP contribution in [0.2, 0.25) is 0 Å². The highest BCUT2D eigenvalue weighted by Crippen LogP contribution is 2.18. The molecule has 2 N–H and O–H groups in total. The third-order valence-electron chi connectivity index (χ3n) is 2.43. The first-order valence-corrected chi connectivity index (χ1v) is 4.15. The van der Waals surface area contributed by atoms with Crippen molar-refractivity contribution in [3.8, 4) is 0 Å². The highest BCUT2D eigenvalue weighted by atomic mass is 16.5. The monoisotopic (exact) mass is 172 g/mol. The summed E-state index contributed by atoms with van der Waals surface area (Å²) >= 11 is 0. The molecule has 0 aromatic heterocycles. The molecule has 0 saturated carbocycles. The molecular formula is C8H16N2O2. The molecule has 4 heteroatoms. The van der Waals surface area contributed by atoms with Crippen molar-refractivity contribution in [3.05, 3.63) is 0 Å². The van der Waals surface area contributed by atoms with E-state index >= 15 is 0 Å². The molecule has 0 radical (unpaired) electrons. The lowest BCUT2D eigenvalue weighted by Crippen LogP contribution is -2.47. The van der Waals surface area contributed by atoms with Gasteiger partial charge < -0.3 is 15.4 Å². The van der Waals surface area contributed by atoms with E-state index in [2.05, 4.69) is 4.90 Å². The maximum Gasteiger partial charge on any atom is 0.223 e. The van der Waals surface area contributed by atoms with Crippen LogP contribution < -0.4 is 5.73 Å². The summed E-state index contributed by atoms with van der Waals surface area (Å²) in [5.41, 5.74) is 5.24. The first-order valence-electron chi connectivity index (χ1n) is 4.15. The lowest BCUT2D eigenvalue weighted by molar-refractivity contribution is -0.129. The first-order chi connectivity index (χ1) is 5.65. The number of piperidine rings is 1. The number of rotatable bonds is 2. The molecule has 2 atom stereocenters. The Morgan fingerprint density at radius 1 is 1.67 bits per heavy atom. The number of amides is 1. The lowest BCUT2D eigenvalue weighted by Gasteiger charge is -2.33. The van der Waals surface area contributed by atoms with Crippen LogP contribution in [0.25, 0.3) is 0 Å². The van der Waals surface area contributed by atoms with E-state index in [0.29, 0.717) is 0 Å². The van der Waals surface area contributed by atoms with E-state index < -0.39 is 0 Å². The number of hydrogen-bond acceptors (Lipinski definition) is 3. The summed E-state index contributed by atoms with van der Waals surface area (Å²) in [5.74, 6) is -0.346. The number of nitrogens with zero attached hydrogens (tertiary/aromatic N) is 1. The standard InChI is InChI=1S/C8H16N2O2/c1-10-4-3-6(8(9)11)7(5-10)12-2/h6-7H,3-5H2,1-2H3,(H2,9,11). The van der Waals surface area contributed by atoms with Crippen molar-refractivity contribution in [1.29, 1.82) is 0 Å². The van der Waals surface area contributed by atoms with Gasteiger partial charge in [-0.05, 0) is 20.0 Å². The summed E-state index contributed by atoms with van der Waals surface area (Å²) in [6, 6.07) is 0. The fourth-order valence-corrected chi connectivity index (χ4v) is 1.64. The molecule has 1 aliphatic rings. The number of likely N-dealkylation sites (tertiary alicyclic amines) is 1. The van der Waals surface area contributed by atoms with E-state index in [4.69, 9.17) is 10.5 Å². The fourth-order valence-electron chi connectivity index (χ4n) is 1.64. The number of carbonyl (C=O) groups excluding carboxylic acids is 1. The van der Waals surface area contributed by atoms with Gasteiger partial charge in [0.15, 0.2) is 0 Å². The molecule has 0 spiro atoms. The molecule has 0 aromatic rings. The SMILES string of the molecule is COC1CN(C)CCC1C(N)=O. The fraction of sp³-hybridized carbons (Fsp3) is 0.875. The van der Waals surface area contributed by atoms with E-state index in [1.54, 1.807) is 7.11 Å². The Labute approximate surface area is 72.7 Å². The topological polar surface area (TPSA) is 55.6 Å². The molecule has 0 aliphatic carbocycles. The molecule has 0 bridgehead atoms. The van der Waals surface area contributed by atoms with Crippen molar-refractivity contribution in [2.75, 3.05) is 27.2 Å². The number of carbonyl (C=O) groups is 1. The van der Waals surface area contributed by atoms with E-state index in [-0.39, 0.29) is 17.9 Å². The molecule has 2 unspecified atom stereocenters. The molecule has 12 heavy (non-hydrogen) atoms. The molecule has 1 saturated heterocycles. The van der Waals surface area contributed by atoms with Gasteiger partial charge in [-0.2, -0.15) is 0 Å². The van der Waals surface area contributed by atoms with Crippen molar-refractivity contribution in [1.82, 2.24) is 4.90 Å². The highest BCUT2D eigenvalue weighted by molar-refractivity contribution is 5.77. The van der Waals surface area contributed by atoms with Crippen molar-refractivity contribution in [3.63, 3.8) is 0 Å². The van der Waals surface area contributed by atoms with Crippen LogP contribution in [0, 0.1) is 5.92 Å². The number of nitrogens with two attached hydrogens (primary N) is 1. The summed E-state index contributed by atoms with van der Waals surface area (Å²) in [6.45, 7) is 1.72. The van der Waals surface area contributed by atoms with Gasteiger partial charge in [-0.25, -0.2) is 0 Å². The van der Waals surface area contributed by atoms with Crippen molar-refractivity contribution in [2.45, 2.75) is 12.5 Å². The molecule has 0 aromatic carbocycles. The molecule has 1 heterocycles. The second-order valence-corrected chi connectivity index (χ2v) is 3.33. The van der Waals surface area contributed by atoms with Gasteiger partial charge in [0, 0.05) is 13.7 Å². The molecule has 4 nitrogen and oxygen atoms in total. The van der Waals surface area contributed by atoms with Crippen LogP contribution in [0.1, 0.15) is 6.42 Å². The van der Waals surface area contributed by atoms with Gasteiger partial charge in [0.25, 0.3) is 0 Å². The first kappa shape index (κ1) is 9.48. The number of likely N-dealkylation sites (N-methyl/N-ethyl adjacent to an activating group) is 1. The zero-order chi connectivity index (χ0) is 9.14. The van der Waals surface area contributed by atoms with Gasteiger partial charge >= 0.3 is 0 Å². The smallest absolute Gasteiger partial charge is 0.223 e. The summed E-state index contributed by atoms with van der Waals surface area (Å²) in [7, 11) is 3.64. The third kappa shape index (κ3) is 1.95. The van der Waals surface area contributed by atoms with E-state index in [9.17, 15) is 4.79 Å². The Morgan fingerprint density at radius 3 is 2.83 bits per heavy atom. The van der Waals surface area contributed by atoms with Crippen LogP contribution in [0.15, 0.2) is 0 Å². The van der Waals surface area contributed by atoms with Gasteiger partial charge in [0.2, 0.25) is 5.91 Å². The summed E-state index contributed by atoms with van der Waals surface area (Å²) in [6.07, 6.45) is 0.783. The number of ether oxygens (including phenoxy) is 1. The molecule has 1 aliphatic heterocycles. The van der Waals surface area contributed by atoms with Crippen LogP contribution in [0.3, 0.4) is 0 Å². The van der Waals surface area contributed by atoms with Crippen molar-refractivity contribution in [2.24, 2.45) is 11.7 Å². The average molecular weight is 172 g/mol. The lowest BCUT2D eigenvalue weighted by atomic mass is 9.93. The molecule has 1 rings (SSSR count). The second-order valence-electron chi connectivity index (χ2n) is 3.33. The van der Waals surface area contributed by atoms with E-state index in [1.807, 2.05) is 7.05 Å². The van der Waals surface area contributed by atoms with Gasteiger partial charge in [0.1, 0.15) is 0 Å². The Bertz CT molecular complexity index is 172. The number of primary amides is 1. The molecule has 70 valence electrons. The van der Waals surface area contributed by atoms with Gasteiger partial charge in [-0.15, -0.1) is 0 Å². The van der Waals surface area contributed by atoms with Crippen LogP contribution in [0.5, 0.6) is 0 Å². The Morgan fingerprint density at radius 2 is 2.33 bits per heavy atom. The minimum atomic E-state index is -0.241. The summed E-state index contributed by atoms with van der Waals surface area (Å²) in [5, 5.41) is 0. The van der Waals surface area contributed by atoms with Crippen molar-refractivity contribution >= 4 is 5.91 Å². The molecule has 1 amide bonds. The molecular weight excluding hydrogens is 156 g/mol. The molecule has 1 fully saturated rings. The van der Waals surface area contributed by atoms with Gasteiger partial charge in [0.05, 0.1) is 12.0 Å². The Kier molecular flexibility index (Phi) is 3.05. The minimum Gasteiger partial charge on any atom is -0.379 e. The zero-order valence-corrected chi connectivity index (χ0v) is 7.62. The van der Waals surface area contributed by atoms with Crippen LogP contribution in [-0.2, 0) is 9.53 Å². The number of hydrogen-bond donors (Lipinski definition) is 1. The van der Waals surface area contributed by atoms with Crippen molar-refractivity contribution < 1.29 is 9.53 Å². The maximum absolute atomic E-state index is 11.0. The average Bonchev–Trinajstić information content (AvgIpc) is 2.03. The predicted octanol–water partition coefficient (Wildman–Crippen LogP) is -0.562. The minimum absolute atomic E-state index is 0.0266. The quantitative estimate of drug-likeness (QED) is 0.607. The second kappa shape index (κ2) is 3.87. The number of methoxy groups -OCH3 is 1. The highest BCUT2D eigenvalue weighted by Gasteiger charge is 2.31. The Hall–Kier alpha value is -0.610. The predicted molar refractivity (Wildman–Crippen MR) is 45.6 cm³/mol. The van der Waals surface area contributed by atoms with Crippen LogP contribution >= 0.6 is 0 Å². The van der Waals surface area contributed by atoms with Crippen LogP contribution in [0.4, 0.5) is 0 Å². The summed E-state index contributed by atoms with van der Waals surface area (Å²) in [4.78, 5) is 13.1. The van der Waals surface area contributed by atoms with Crippen LogP contribution in [-0.4, -0.2) is 44.2 Å². The largest absolute Gasteiger partial charge is 0.379 e. The zero-order valence-electron chi connectivity index (χ0n) is 7.62. The Balaban J connectivity index is 2.56. The van der Waals surface area contributed by atoms with Gasteiger partial charge in [-0.3, -0.25) is 4.79 Å². The third-order valence-corrected chi connectivity index (χ3v) is 2.43. The van der Waals surface area contributed by atoms with E-state index in [1.165, 1.54) is 0 Å². The van der Waals surface area contributed by atoms with Gasteiger partial charge in [-0.1, -0.05) is 0 Å². The maximum atomic E-state index is 11.0.